The van der Waals surface area contributed by atoms with E-state index in [0.29, 0.717) is 6.42 Å². The molecule has 0 aromatic heterocycles. The van der Waals surface area contributed by atoms with Gasteiger partial charge in [0.1, 0.15) is 5.37 Å². The number of primary amides is 1. The molecule has 2 N–H and O–H groups in total. The van der Waals surface area contributed by atoms with Crippen molar-refractivity contribution in [3.8, 4) is 0 Å². The predicted molar refractivity (Wildman–Crippen MR) is 38.5 cm³/mol. The molecule has 0 radical (unpaired) electrons. The summed E-state index contributed by atoms with van der Waals surface area (Å²) >= 11 is 1.65. The Labute approximate surface area is 57.7 Å². The first-order valence-electron chi connectivity index (χ1n) is 2.70. The SMILES string of the molecule is NC(=O)CC1N=CCS1. The number of hydrogen-bond acceptors (Lipinski definition) is 3. The molecule has 0 aromatic rings. The van der Waals surface area contributed by atoms with Gasteiger partial charge in [0.25, 0.3) is 0 Å². The first kappa shape index (κ1) is 6.61. The number of nitrogens with two attached hydrogens (primary N) is 1. The molecule has 4 heteroatoms. The fourth-order valence-corrected chi connectivity index (χ4v) is 1.49. The second-order valence-electron chi connectivity index (χ2n) is 1.79. The Kier molecular flexibility index (Phi) is 2.10. The number of thioether (sulfide) groups is 1. The number of nitrogens with zero attached hydrogens (tertiary/aromatic N) is 1. The summed E-state index contributed by atoms with van der Waals surface area (Å²) in [6, 6.07) is 0. The standard InChI is InChI=1S/C5H8N2OS/c6-4(8)3-5-7-1-2-9-5/h1,5H,2-3H2,(H2,6,8). The van der Waals surface area contributed by atoms with Gasteiger partial charge in [-0.1, -0.05) is 0 Å². The third-order valence-electron chi connectivity index (χ3n) is 1.01. The summed E-state index contributed by atoms with van der Waals surface area (Å²) in [5, 5.41) is 0.0995. The van der Waals surface area contributed by atoms with Crippen molar-refractivity contribution in [3.63, 3.8) is 0 Å². The van der Waals surface area contributed by atoms with Gasteiger partial charge >= 0.3 is 0 Å². The van der Waals surface area contributed by atoms with Crippen LogP contribution in [-0.2, 0) is 4.79 Å². The summed E-state index contributed by atoms with van der Waals surface area (Å²) in [7, 11) is 0. The molecule has 1 aliphatic heterocycles. The summed E-state index contributed by atoms with van der Waals surface area (Å²) in [6.07, 6.45) is 2.19. The molecule has 1 rings (SSSR count). The second kappa shape index (κ2) is 2.87. The zero-order valence-corrected chi connectivity index (χ0v) is 5.73. The maximum Gasteiger partial charge on any atom is 0.220 e. The van der Waals surface area contributed by atoms with E-state index in [-0.39, 0.29) is 11.3 Å². The molecule has 1 atom stereocenters. The summed E-state index contributed by atoms with van der Waals surface area (Å²) in [5.74, 6) is 0.643. The number of amides is 1. The van der Waals surface area contributed by atoms with Crippen LogP contribution in [0.25, 0.3) is 0 Å². The molecular weight excluding hydrogens is 136 g/mol. The molecule has 9 heavy (non-hydrogen) atoms. The monoisotopic (exact) mass is 144 g/mol. The van der Waals surface area contributed by atoms with Gasteiger partial charge in [0.2, 0.25) is 5.91 Å². The van der Waals surface area contributed by atoms with Crippen molar-refractivity contribution in [1.82, 2.24) is 0 Å². The van der Waals surface area contributed by atoms with Gasteiger partial charge in [-0.3, -0.25) is 9.79 Å². The topological polar surface area (TPSA) is 55.5 Å². The summed E-state index contributed by atoms with van der Waals surface area (Å²) < 4.78 is 0. The fourth-order valence-electron chi connectivity index (χ4n) is 0.641. The molecule has 0 fully saturated rings. The van der Waals surface area contributed by atoms with E-state index in [1.165, 1.54) is 0 Å². The molecular formula is C5H8N2OS. The normalized spacial score (nSPS) is 24.7. The third kappa shape index (κ3) is 2.05. The van der Waals surface area contributed by atoms with E-state index in [4.69, 9.17) is 5.73 Å². The lowest BCUT2D eigenvalue weighted by atomic mass is 10.4. The lowest BCUT2D eigenvalue weighted by Crippen LogP contribution is -2.15. The van der Waals surface area contributed by atoms with Crippen molar-refractivity contribution >= 4 is 23.9 Å². The highest BCUT2D eigenvalue weighted by molar-refractivity contribution is 8.00. The average molecular weight is 144 g/mol. The molecule has 1 aliphatic rings. The Morgan fingerprint density at radius 3 is 3.22 bits per heavy atom. The van der Waals surface area contributed by atoms with Crippen molar-refractivity contribution in [3.05, 3.63) is 0 Å². The van der Waals surface area contributed by atoms with Crippen molar-refractivity contribution in [2.24, 2.45) is 10.7 Å². The highest BCUT2D eigenvalue weighted by atomic mass is 32.2. The highest BCUT2D eigenvalue weighted by Crippen LogP contribution is 2.18. The molecule has 0 bridgehead atoms. The Morgan fingerprint density at radius 2 is 2.78 bits per heavy atom. The first-order valence-corrected chi connectivity index (χ1v) is 3.75. The molecule has 1 amide bonds. The van der Waals surface area contributed by atoms with Crippen LogP contribution in [0.15, 0.2) is 4.99 Å². The van der Waals surface area contributed by atoms with E-state index in [2.05, 4.69) is 4.99 Å². The van der Waals surface area contributed by atoms with Gasteiger partial charge in [-0.2, -0.15) is 0 Å². The number of carbonyl (C=O) groups is 1. The maximum absolute atomic E-state index is 10.3. The van der Waals surface area contributed by atoms with Crippen LogP contribution in [-0.4, -0.2) is 23.2 Å². The van der Waals surface area contributed by atoms with Crippen LogP contribution in [0.4, 0.5) is 0 Å². The van der Waals surface area contributed by atoms with Crippen LogP contribution in [0.3, 0.4) is 0 Å². The Morgan fingerprint density at radius 1 is 2.00 bits per heavy atom. The minimum absolute atomic E-state index is 0.0995. The summed E-state index contributed by atoms with van der Waals surface area (Å²) in [6.45, 7) is 0. The number of carbonyl (C=O) groups excluding carboxylic acids is 1. The number of rotatable bonds is 2. The van der Waals surface area contributed by atoms with Gasteiger partial charge in [-0.05, 0) is 0 Å². The van der Waals surface area contributed by atoms with Crippen LogP contribution in [0.2, 0.25) is 0 Å². The van der Waals surface area contributed by atoms with Crippen molar-refractivity contribution in [1.29, 1.82) is 0 Å². The quantitative estimate of drug-likeness (QED) is 0.593. The molecule has 1 unspecified atom stereocenters. The molecule has 3 nitrogen and oxygen atoms in total. The van der Waals surface area contributed by atoms with Gasteiger partial charge in [0.05, 0.1) is 6.42 Å². The first-order chi connectivity index (χ1) is 4.29. The minimum Gasteiger partial charge on any atom is -0.370 e. The Bertz CT molecular complexity index is 146. The zero-order valence-electron chi connectivity index (χ0n) is 4.91. The molecule has 0 aliphatic carbocycles. The molecule has 0 aromatic carbocycles. The smallest absolute Gasteiger partial charge is 0.220 e. The third-order valence-corrected chi connectivity index (χ3v) is 2.03. The van der Waals surface area contributed by atoms with E-state index in [1.54, 1.807) is 11.8 Å². The molecule has 0 saturated heterocycles. The van der Waals surface area contributed by atoms with Crippen molar-refractivity contribution < 1.29 is 4.79 Å². The van der Waals surface area contributed by atoms with Gasteiger partial charge in [0.15, 0.2) is 0 Å². The second-order valence-corrected chi connectivity index (χ2v) is 3.00. The Balaban J connectivity index is 2.28. The molecule has 0 spiro atoms. The van der Waals surface area contributed by atoms with Gasteiger partial charge < -0.3 is 5.73 Å². The summed E-state index contributed by atoms with van der Waals surface area (Å²) in [5.41, 5.74) is 4.95. The van der Waals surface area contributed by atoms with Gasteiger partial charge in [-0.15, -0.1) is 11.8 Å². The van der Waals surface area contributed by atoms with Crippen LogP contribution >= 0.6 is 11.8 Å². The van der Waals surface area contributed by atoms with Crippen LogP contribution in [0.5, 0.6) is 0 Å². The zero-order chi connectivity index (χ0) is 6.69. The van der Waals surface area contributed by atoms with E-state index < -0.39 is 0 Å². The largest absolute Gasteiger partial charge is 0.370 e. The van der Waals surface area contributed by atoms with E-state index in [0.717, 1.165) is 5.75 Å². The molecule has 1 heterocycles. The number of hydrogen-bond donors (Lipinski definition) is 1. The maximum atomic E-state index is 10.3. The van der Waals surface area contributed by atoms with Crippen LogP contribution < -0.4 is 5.73 Å². The summed E-state index contributed by atoms with van der Waals surface area (Å²) in [4.78, 5) is 14.3. The highest BCUT2D eigenvalue weighted by Gasteiger charge is 2.12. The van der Waals surface area contributed by atoms with Crippen LogP contribution in [0.1, 0.15) is 6.42 Å². The number of aliphatic imine (C=N–C) groups is 1. The van der Waals surface area contributed by atoms with E-state index in [9.17, 15) is 4.79 Å². The van der Waals surface area contributed by atoms with E-state index in [1.807, 2.05) is 6.21 Å². The lowest BCUT2D eigenvalue weighted by molar-refractivity contribution is -0.117. The van der Waals surface area contributed by atoms with Gasteiger partial charge in [0, 0.05) is 12.0 Å². The predicted octanol–water partition coefficient (Wildman–Crippen LogP) is 0.00550. The Hall–Kier alpha value is -0.510. The molecule has 50 valence electrons. The van der Waals surface area contributed by atoms with Crippen molar-refractivity contribution in [2.45, 2.75) is 11.8 Å². The van der Waals surface area contributed by atoms with E-state index >= 15 is 0 Å². The average Bonchev–Trinajstić information content (AvgIpc) is 2.15. The minimum atomic E-state index is -0.272. The molecule has 0 saturated carbocycles. The van der Waals surface area contributed by atoms with Crippen LogP contribution in [0, 0.1) is 0 Å². The van der Waals surface area contributed by atoms with Crippen molar-refractivity contribution in [2.75, 3.05) is 5.75 Å². The lowest BCUT2D eigenvalue weighted by Gasteiger charge is -1.99. The van der Waals surface area contributed by atoms with Gasteiger partial charge in [-0.25, -0.2) is 0 Å². The fraction of sp³-hybridized carbons (Fsp3) is 0.600.